The third-order valence-electron chi connectivity index (χ3n) is 3.34. The Kier molecular flexibility index (Phi) is 5.85. The fraction of sp³-hybridized carbons (Fsp3) is 1.00. The van der Waals surface area contributed by atoms with Crippen LogP contribution in [0.25, 0.3) is 0 Å². The molecule has 17 heavy (non-hydrogen) atoms. The van der Waals surface area contributed by atoms with Gasteiger partial charge in [0.15, 0.2) is 0 Å². The van der Waals surface area contributed by atoms with Crippen LogP contribution in [0, 0.1) is 0 Å². The fourth-order valence-corrected chi connectivity index (χ4v) is 3.50. The largest absolute Gasteiger partial charge is 0.316 e. The van der Waals surface area contributed by atoms with E-state index >= 15 is 0 Å². The molecule has 0 aromatic rings. The average molecular weight is 263 g/mol. The van der Waals surface area contributed by atoms with Crippen LogP contribution in [0.1, 0.15) is 19.8 Å². The number of likely N-dealkylation sites (tertiary alicyclic amines) is 1. The van der Waals surface area contributed by atoms with Crippen LogP contribution < -0.4 is 5.32 Å². The molecule has 0 bridgehead atoms. The number of likely N-dealkylation sites (N-methyl/N-ethyl adjacent to an activating group) is 2. The van der Waals surface area contributed by atoms with E-state index in [1.165, 1.54) is 0 Å². The van der Waals surface area contributed by atoms with E-state index in [1.54, 1.807) is 11.4 Å². The maximum atomic E-state index is 12.1. The molecule has 0 aromatic carbocycles. The van der Waals surface area contributed by atoms with Gasteiger partial charge in [0, 0.05) is 26.2 Å². The Labute approximate surface area is 105 Å². The quantitative estimate of drug-likeness (QED) is 0.683. The lowest BCUT2D eigenvalue weighted by Crippen LogP contribution is -2.48. The van der Waals surface area contributed by atoms with Gasteiger partial charge in [-0.2, -0.15) is 0 Å². The van der Waals surface area contributed by atoms with Gasteiger partial charge in [0.2, 0.25) is 10.0 Å². The van der Waals surface area contributed by atoms with Crippen molar-refractivity contribution >= 4 is 10.0 Å². The van der Waals surface area contributed by atoms with Crippen LogP contribution >= 0.6 is 0 Å². The normalized spacial score (nSPS) is 23.2. The minimum absolute atomic E-state index is 0.139. The van der Waals surface area contributed by atoms with Crippen LogP contribution in [0.15, 0.2) is 0 Å². The molecular formula is C11H25N3O2S. The molecule has 0 radical (unpaired) electrons. The molecule has 0 amide bonds. The molecule has 5 nitrogen and oxygen atoms in total. The second-order valence-corrected chi connectivity index (χ2v) is 6.89. The smallest absolute Gasteiger partial charge is 0.215 e. The van der Waals surface area contributed by atoms with E-state index in [1.807, 2.05) is 14.0 Å². The van der Waals surface area contributed by atoms with Gasteiger partial charge in [-0.25, -0.2) is 12.7 Å². The minimum atomic E-state index is -3.11. The lowest BCUT2D eigenvalue weighted by molar-refractivity contribution is 0.187. The number of sulfonamides is 1. The Hall–Kier alpha value is -0.170. The second kappa shape index (κ2) is 6.68. The number of rotatable bonds is 6. The second-order valence-electron chi connectivity index (χ2n) is 4.74. The topological polar surface area (TPSA) is 52.7 Å². The molecule has 1 heterocycles. The summed E-state index contributed by atoms with van der Waals surface area (Å²) >= 11 is 0. The number of hydrogen-bond acceptors (Lipinski definition) is 4. The SMILES string of the molecule is CCNCCS(=O)(=O)N(C)C1CCCN(C)C1. The lowest BCUT2D eigenvalue weighted by Gasteiger charge is -2.35. The Bertz CT molecular complexity index is 319. The molecule has 1 atom stereocenters. The number of piperidine rings is 1. The van der Waals surface area contributed by atoms with E-state index in [4.69, 9.17) is 0 Å². The van der Waals surface area contributed by atoms with Crippen LogP contribution in [-0.2, 0) is 10.0 Å². The van der Waals surface area contributed by atoms with Gasteiger partial charge in [-0.05, 0) is 33.0 Å². The van der Waals surface area contributed by atoms with E-state index in [0.29, 0.717) is 6.54 Å². The highest BCUT2D eigenvalue weighted by atomic mass is 32.2. The number of hydrogen-bond donors (Lipinski definition) is 1. The molecule has 0 saturated carbocycles. The van der Waals surface area contributed by atoms with Crippen molar-refractivity contribution in [3.63, 3.8) is 0 Å². The first-order valence-electron chi connectivity index (χ1n) is 6.32. The first-order valence-corrected chi connectivity index (χ1v) is 7.93. The molecule has 6 heteroatoms. The lowest BCUT2D eigenvalue weighted by atomic mass is 10.1. The van der Waals surface area contributed by atoms with Crippen molar-refractivity contribution in [1.29, 1.82) is 0 Å². The molecule has 1 aliphatic heterocycles. The molecule has 1 unspecified atom stereocenters. The van der Waals surface area contributed by atoms with E-state index in [0.717, 1.165) is 32.5 Å². The highest BCUT2D eigenvalue weighted by Gasteiger charge is 2.28. The van der Waals surface area contributed by atoms with Crippen molar-refractivity contribution in [2.45, 2.75) is 25.8 Å². The molecule has 102 valence electrons. The Morgan fingerprint density at radius 2 is 2.18 bits per heavy atom. The van der Waals surface area contributed by atoms with E-state index in [-0.39, 0.29) is 11.8 Å². The molecule has 1 saturated heterocycles. The summed E-state index contributed by atoms with van der Waals surface area (Å²) in [7, 11) is 0.649. The van der Waals surface area contributed by atoms with Gasteiger partial charge in [0.1, 0.15) is 0 Å². The first-order chi connectivity index (χ1) is 7.97. The average Bonchev–Trinajstić information content (AvgIpc) is 2.28. The predicted octanol–water partition coefficient (Wildman–Crippen LogP) is -0.0483. The van der Waals surface area contributed by atoms with E-state index < -0.39 is 10.0 Å². The predicted molar refractivity (Wildman–Crippen MR) is 70.6 cm³/mol. The van der Waals surface area contributed by atoms with Gasteiger partial charge in [0.05, 0.1) is 5.75 Å². The molecule has 1 aliphatic rings. The fourth-order valence-electron chi connectivity index (χ4n) is 2.19. The molecule has 0 aromatic heterocycles. The maximum Gasteiger partial charge on any atom is 0.215 e. The van der Waals surface area contributed by atoms with E-state index in [2.05, 4.69) is 10.2 Å². The molecule has 0 aliphatic carbocycles. The molecule has 1 N–H and O–H groups in total. The zero-order valence-electron chi connectivity index (χ0n) is 11.1. The monoisotopic (exact) mass is 263 g/mol. The van der Waals surface area contributed by atoms with Crippen LogP contribution in [0.4, 0.5) is 0 Å². The third-order valence-corrected chi connectivity index (χ3v) is 5.24. The summed E-state index contributed by atoms with van der Waals surface area (Å²) in [6.45, 7) is 5.24. The molecule has 0 spiro atoms. The zero-order chi connectivity index (χ0) is 12.9. The van der Waals surface area contributed by atoms with Gasteiger partial charge in [-0.3, -0.25) is 0 Å². The van der Waals surface area contributed by atoms with Crippen molar-refractivity contribution in [2.24, 2.45) is 0 Å². The molecule has 1 rings (SSSR count). The highest BCUT2D eigenvalue weighted by molar-refractivity contribution is 7.89. The van der Waals surface area contributed by atoms with Crippen molar-refractivity contribution in [1.82, 2.24) is 14.5 Å². The summed E-state index contributed by atoms with van der Waals surface area (Å²) in [5.41, 5.74) is 0. The van der Waals surface area contributed by atoms with Crippen molar-refractivity contribution in [3.8, 4) is 0 Å². The number of nitrogens with zero attached hydrogens (tertiary/aromatic N) is 2. The van der Waals surface area contributed by atoms with Gasteiger partial charge >= 0.3 is 0 Å². The summed E-state index contributed by atoms with van der Waals surface area (Å²) in [6, 6.07) is 0.139. The number of nitrogens with one attached hydrogen (secondary N) is 1. The van der Waals surface area contributed by atoms with Crippen LogP contribution in [-0.4, -0.2) is 69.7 Å². The first kappa shape index (κ1) is 14.9. The van der Waals surface area contributed by atoms with Gasteiger partial charge in [0.25, 0.3) is 0 Å². The zero-order valence-corrected chi connectivity index (χ0v) is 12.0. The van der Waals surface area contributed by atoms with Crippen molar-refractivity contribution < 1.29 is 8.42 Å². The summed E-state index contributed by atoms with van der Waals surface area (Å²) in [4.78, 5) is 2.20. The Morgan fingerprint density at radius 1 is 1.47 bits per heavy atom. The van der Waals surface area contributed by atoms with Crippen molar-refractivity contribution in [2.75, 3.05) is 46.0 Å². The van der Waals surface area contributed by atoms with Crippen LogP contribution in [0.5, 0.6) is 0 Å². The Balaban J connectivity index is 2.51. The summed E-state index contributed by atoms with van der Waals surface area (Å²) < 4.78 is 25.7. The van der Waals surface area contributed by atoms with Crippen LogP contribution in [0.3, 0.4) is 0 Å². The summed E-state index contributed by atoms with van der Waals surface area (Å²) in [5, 5.41) is 3.05. The van der Waals surface area contributed by atoms with Gasteiger partial charge in [-0.15, -0.1) is 0 Å². The molecule has 1 fully saturated rings. The maximum absolute atomic E-state index is 12.1. The Morgan fingerprint density at radius 3 is 2.76 bits per heavy atom. The highest BCUT2D eigenvalue weighted by Crippen LogP contribution is 2.16. The standard InChI is InChI=1S/C11H25N3O2S/c1-4-12-7-9-17(15,16)14(3)11-6-5-8-13(2)10-11/h11-12H,4-10H2,1-3H3. The molecular weight excluding hydrogens is 238 g/mol. The van der Waals surface area contributed by atoms with Crippen LogP contribution in [0.2, 0.25) is 0 Å². The summed E-state index contributed by atoms with van der Waals surface area (Å²) in [6.07, 6.45) is 2.05. The van der Waals surface area contributed by atoms with E-state index in [9.17, 15) is 8.42 Å². The van der Waals surface area contributed by atoms with Gasteiger partial charge < -0.3 is 10.2 Å². The van der Waals surface area contributed by atoms with Gasteiger partial charge in [-0.1, -0.05) is 6.92 Å². The third kappa shape index (κ3) is 4.54. The summed E-state index contributed by atoms with van der Waals surface area (Å²) in [5.74, 6) is 0.192. The van der Waals surface area contributed by atoms with Crippen molar-refractivity contribution in [3.05, 3.63) is 0 Å². The minimum Gasteiger partial charge on any atom is -0.316 e.